The first-order chi connectivity index (χ1) is 8.20. The molecule has 5 heteroatoms. The third-order valence-electron chi connectivity index (χ3n) is 2.30. The van der Waals surface area contributed by atoms with Crippen LogP contribution in [0, 0.1) is 5.82 Å². The van der Waals surface area contributed by atoms with Gasteiger partial charge < -0.3 is 10.5 Å². The Balaban J connectivity index is 2.16. The lowest BCUT2D eigenvalue weighted by Crippen LogP contribution is -1.96. The average molecular weight is 235 g/mol. The molecule has 1 aromatic heterocycles. The van der Waals surface area contributed by atoms with Crippen molar-refractivity contribution in [3.05, 3.63) is 36.4 Å². The van der Waals surface area contributed by atoms with Gasteiger partial charge in [0.2, 0.25) is 0 Å². The minimum Gasteiger partial charge on any atom is -0.452 e. The van der Waals surface area contributed by atoms with E-state index in [1.165, 1.54) is 6.07 Å². The molecule has 2 N–H and O–H groups in total. The van der Waals surface area contributed by atoms with E-state index in [1.807, 2.05) is 0 Å². The van der Waals surface area contributed by atoms with E-state index < -0.39 is 5.82 Å². The lowest BCUT2D eigenvalue weighted by molar-refractivity contribution is 0.478. The van der Waals surface area contributed by atoms with Crippen LogP contribution < -0.4 is 10.5 Å². The Morgan fingerprint density at radius 1 is 1.47 bits per heavy atom. The van der Waals surface area contributed by atoms with Gasteiger partial charge in [-0.25, -0.2) is 4.39 Å². The fourth-order valence-electron chi connectivity index (χ4n) is 1.48. The molecular weight excluding hydrogens is 221 g/mol. The van der Waals surface area contributed by atoms with Gasteiger partial charge in [0.1, 0.15) is 11.5 Å². The van der Waals surface area contributed by atoms with E-state index in [0.29, 0.717) is 11.5 Å². The lowest BCUT2D eigenvalue weighted by atomic mass is 10.3. The highest BCUT2D eigenvalue weighted by atomic mass is 19.1. The summed E-state index contributed by atoms with van der Waals surface area (Å²) in [6.45, 7) is 2.88. The summed E-state index contributed by atoms with van der Waals surface area (Å²) in [6.07, 6.45) is 4.33. The number of nitrogens with zero attached hydrogens (tertiary/aromatic N) is 2. The van der Waals surface area contributed by atoms with Crippen LogP contribution in [0.2, 0.25) is 0 Å². The molecule has 0 saturated carbocycles. The van der Waals surface area contributed by atoms with E-state index in [9.17, 15) is 4.39 Å². The maximum atomic E-state index is 13.2. The van der Waals surface area contributed by atoms with Crippen molar-refractivity contribution in [2.75, 3.05) is 5.73 Å². The van der Waals surface area contributed by atoms with Crippen LogP contribution in [0.1, 0.15) is 13.3 Å². The van der Waals surface area contributed by atoms with E-state index >= 15 is 0 Å². The number of anilines is 1. The number of aromatic nitrogens is 2. The number of para-hydroxylation sites is 1. The molecule has 2 rings (SSSR count). The van der Waals surface area contributed by atoms with Crippen molar-refractivity contribution in [3.8, 4) is 11.5 Å². The van der Waals surface area contributed by atoms with Gasteiger partial charge in [0.25, 0.3) is 0 Å². The molecule has 0 unspecified atom stereocenters. The van der Waals surface area contributed by atoms with Crippen LogP contribution in [0.25, 0.3) is 0 Å². The van der Waals surface area contributed by atoms with Crippen molar-refractivity contribution in [2.24, 2.45) is 0 Å². The van der Waals surface area contributed by atoms with Gasteiger partial charge in [0.15, 0.2) is 11.5 Å². The second-order valence-corrected chi connectivity index (χ2v) is 3.69. The number of halogens is 1. The molecule has 0 spiro atoms. The Morgan fingerprint density at radius 2 is 2.29 bits per heavy atom. The Hall–Kier alpha value is -2.04. The summed E-state index contributed by atoms with van der Waals surface area (Å²) in [5, 5.41) is 4.11. The van der Waals surface area contributed by atoms with Crippen molar-refractivity contribution in [1.82, 2.24) is 9.78 Å². The van der Waals surface area contributed by atoms with Crippen LogP contribution in [0.5, 0.6) is 11.5 Å². The maximum Gasteiger partial charge on any atom is 0.165 e. The summed E-state index contributed by atoms with van der Waals surface area (Å²) in [5.74, 6) is 0.375. The Bertz CT molecular complexity index is 510. The van der Waals surface area contributed by atoms with E-state index in [-0.39, 0.29) is 5.69 Å². The number of benzene rings is 1. The third kappa shape index (κ3) is 2.55. The molecule has 0 radical (unpaired) electrons. The highest BCUT2D eigenvalue weighted by Crippen LogP contribution is 2.28. The zero-order valence-electron chi connectivity index (χ0n) is 9.56. The summed E-state index contributed by atoms with van der Waals surface area (Å²) >= 11 is 0. The van der Waals surface area contributed by atoms with Crippen molar-refractivity contribution in [1.29, 1.82) is 0 Å². The minimum absolute atomic E-state index is 0.00995. The maximum absolute atomic E-state index is 13.2. The second-order valence-electron chi connectivity index (χ2n) is 3.69. The molecule has 90 valence electrons. The number of nitrogens with two attached hydrogens (primary N) is 1. The first-order valence-electron chi connectivity index (χ1n) is 5.45. The predicted molar refractivity (Wildman–Crippen MR) is 63.4 cm³/mol. The first kappa shape index (κ1) is 11.4. The van der Waals surface area contributed by atoms with Gasteiger partial charge in [-0.05, 0) is 18.6 Å². The molecule has 17 heavy (non-hydrogen) atoms. The summed E-state index contributed by atoms with van der Waals surface area (Å²) in [7, 11) is 0. The van der Waals surface area contributed by atoms with Gasteiger partial charge in [0.05, 0.1) is 12.4 Å². The number of rotatable bonds is 4. The molecule has 4 nitrogen and oxygen atoms in total. The molecule has 0 fully saturated rings. The number of ether oxygens (including phenoxy) is 1. The molecule has 0 atom stereocenters. The number of aryl methyl sites for hydroxylation is 1. The van der Waals surface area contributed by atoms with Crippen molar-refractivity contribution in [2.45, 2.75) is 19.9 Å². The van der Waals surface area contributed by atoms with Gasteiger partial charge in [-0.15, -0.1) is 0 Å². The zero-order valence-corrected chi connectivity index (χ0v) is 9.56. The smallest absolute Gasteiger partial charge is 0.165 e. The molecule has 0 aliphatic heterocycles. The van der Waals surface area contributed by atoms with Crippen LogP contribution in [-0.4, -0.2) is 9.78 Å². The summed E-state index contributed by atoms with van der Waals surface area (Å²) in [6, 6.07) is 4.47. The first-order valence-corrected chi connectivity index (χ1v) is 5.45. The largest absolute Gasteiger partial charge is 0.452 e. The molecule has 0 amide bonds. The van der Waals surface area contributed by atoms with E-state index in [4.69, 9.17) is 10.5 Å². The highest BCUT2D eigenvalue weighted by Gasteiger charge is 2.07. The van der Waals surface area contributed by atoms with Gasteiger partial charge in [-0.3, -0.25) is 4.68 Å². The Labute approximate surface area is 98.8 Å². The van der Waals surface area contributed by atoms with Crippen molar-refractivity contribution < 1.29 is 9.13 Å². The normalized spacial score (nSPS) is 10.5. The molecule has 2 aromatic rings. The summed E-state index contributed by atoms with van der Waals surface area (Å²) in [5.41, 5.74) is 5.58. The van der Waals surface area contributed by atoms with Gasteiger partial charge in [0, 0.05) is 6.54 Å². The summed E-state index contributed by atoms with van der Waals surface area (Å²) in [4.78, 5) is 0. The highest BCUT2D eigenvalue weighted by molar-refractivity contribution is 5.54. The number of nitrogen functional groups attached to an aromatic ring is 1. The van der Waals surface area contributed by atoms with Crippen LogP contribution >= 0.6 is 0 Å². The fraction of sp³-hybridized carbons (Fsp3) is 0.250. The number of hydrogen-bond acceptors (Lipinski definition) is 3. The predicted octanol–water partition coefficient (Wildman–Crippen LogP) is 2.81. The van der Waals surface area contributed by atoms with Gasteiger partial charge in [-0.1, -0.05) is 13.0 Å². The van der Waals surface area contributed by atoms with Crippen molar-refractivity contribution in [3.63, 3.8) is 0 Å². The third-order valence-corrected chi connectivity index (χ3v) is 2.30. The Morgan fingerprint density at radius 3 is 3.06 bits per heavy atom. The topological polar surface area (TPSA) is 53.1 Å². The minimum atomic E-state index is -0.483. The van der Waals surface area contributed by atoms with Gasteiger partial charge in [-0.2, -0.15) is 5.10 Å². The molecule has 0 aliphatic carbocycles. The average Bonchev–Trinajstić information content (AvgIpc) is 2.73. The van der Waals surface area contributed by atoms with Gasteiger partial charge >= 0.3 is 0 Å². The summed E-state index contributed by atoms with van der Waals surface area (Å²) < 4.78 is 20.4. The quantitative estimate of drug-likeness (QED) is 0.829. The monoisotopic (exact) mass is 235 g/mol. The Kier molecular flexibility index (Phi) is 3.27. The second kappa shape index (κ2) is 4.86. The fourth-order valence-corrected chi connectivity index (χ4v) is 1.48. The molecule has 0 saturated heterocycles. The van der Waals surface area contributed by atoms with E-state index in [0.717, 1.165) is 13.0 Å². The van der Waals surface area contributed by atoms with Crippen LogP contribution in [-0.2, 0) is 6.54 Å². The van der Waals surface area contributed by atoms with E-state index in [2.05, 4.69) is 12.0 Å². The molecule has 1 heterocycles. The molecule has 1 aromatic carbocycles. The number of hydrogen-bond donors (Lipinski definition) is 1. The molecular formula is C12H14FN3O. The molecule has 0 aliphatic rings. The van der Waals surface area contributed by atoms with E-state index in [1.54, 1.807) is 29.2 Å². The van der Waals surface area contributed by atoms with Crippen LogP contribution in [0.4, 0.5) is 10.1 Å². The molecule has 0 bridgehead atoms. The zero-order chi connectivity index (χ0) is 12.3. The standard InChI is InChI=1S/C12H14FN3O/c1-2-6-16-8-9(7-15-16)17-11-5-3-4-10(13)12(11)14/h3-5,7-8H,2,6,14H2,1H3. The SMILES string of the molecule is CCCn1cc(Oc2cccc(F)c2N)cn1. The lowest BCUT2D eigenvalue weighted by Gasteiger charge is -2.06. The van der Waals surface area contributed by atoms with Crippen LogP contribution in [0.3, 0.4) is 0 Å². The van der Waals surface area contributed by atoms with Crippen LogP contribution in [0.15, 0.2) is 30.6 Å². The van der Waals surface area contributed by atoms with Crippen molar-refractivity contribution >= 4 is 5.69 Å².